The van der Waals surface area contributed by atoms with Gasteiger partial charge >= 0.3 is 6.09 Å². The lowest BCUT2D eigenvalue weighted by molar-refractivity contribution is -0.130. The zero-order valence-electron chi connectivity index (χ0n) is 21.9. The summed E-state index contributed by atoms with van der Waals surface area (Å²) >= 11 is 0. The number of carbonyl (C=O) groups excluding carboxylic acids is 2. The molecule has 1 heterocycles. The fourth-order valence-electron chi connectivity index (χ4n) is 4.37. The van der Waals surface area contributed by atoms with Gasteiger partial charge in [-0.25, -0.2) is 13.2 Å². The van der Waals surface area contributed by atoms with Crippen LogP contribution < -0.4 is 0 Å². The van der Waals surface area contributed by atoms with Gasteiger partial charge in [0.2, 0.25) is 5.91 Å². The molecule has 1 saturated heterocycles. The van der Waals surface area contributed by atoms with Crippen molar-refractivity contribution in [1.29, 1.82) is 0 Å². The van der Waals surface area contributed by atoms with Gasteiger partial charge in [0.15, 0.2) is 9.84 Å². The Balaban J connectivity index is 1.80. The van der Waals surface area contributed by atoms with Crippen LogP contribution in [-0.4, -0.2) is 93.3 Å². The number of carbonyl (C=O) groups is 2. The van der Waals surface area contributed by atoms with Crippen LogP contribution >= 0.6 is 0 Å². The number of hydrogen-bond donors (Lipinski definition) is 0. The fourth-order valence-corrected chi connectivity index (χ4v) is 5.00. The van der Waals surface area contributed by atoms with E-state index in [2.05, 4.69) is 18.7 Å². The maximum Gasteiger partial charge on any atom is 0.409 e. The summed E-state index contributed by atoms with van der Waals surface area (Å²) in [5, 5.41) is 0. The standard InChI is InChI=1S/C26H43N3O5S/c1-5-14-27(22(3)21-23-9-11-24(12-10-23)35(4,32)33)15-7-8-16-28-18-19-29(17-13-25(28)30)26(31)34-20-6-2/h9-12,22H,5-8,13-21H2,1-4H3. The molecule has 8 nitrogen and oxygen atoms in total. The van der Waals surface area contributed by atoms with Crippen LogP contribution in [0.2, 0.25) is 0 Å². The molecule has 0 aromatic heterocycles. The molecule has 0 aliphatic carbocycles. The Morgan fingerprint density at radius 1 is 1.06 bits per heavy atom. The first kappa shape index (κ1) is 29.1. The Bertz CT molecular complexity index is 904. The summed E-state index contributed by atoms with van der Waals surface area (Å²) in [5.74, 6) is 0.104. The van der Waals surface area contributed by atoms with E-state index in [-0.39, 0.29) is 12.0 Å². The van der Waals surface area contributed by atoms with Gasteiger partial charge in [0.1, 0.15) is 0 Å². The number of hydrogen-bond acceptors (Lipinski definition) is 6. The molecular weight excluding hydrogens is 466 g/mol. The van der Waals surface area contributed by atoms with Gasteiger partial charge in [-0.15, -0.1) is 0 Å². The van der Waals surface area contributed by atoms with Gasteiger partial charge in [-0.1, -0.05) is 26.0 Å². The molecule has 35 heavy (non-hydrogen) atoms. The number of unbranched alkanes of at least 4 members (excludes halogenated alkanes) is 1. The van der Waals surface area contributed by atoms with Gasteiger partial charge in [0, 0.05) is 44.9 Å². The molecule has 0 bridgehead atoms. The van der Waals surface area contributed by atoms with Gasteiger partial charge in [0.05, 0.1) is 11.5 Å². The normalized spacial score (nSPS) is 15.9. The summed E-state index contributed by atoms with van der Waals surface area (Å²) in [7, 11) is -3.18. The van der Waals surface area contributed by atoms with Gasteiger partial charge in [-0.3, -0.25) is 4.79 Å². The van der Waals surface area contributed by atoms with Crippen molar-refractivity contribution in [2.24, 2.45) is 0 Å². The largest absolute Gasteiger partial charge is 0.449 e. The van der Waals surface area contributed by atoms with Gasteiger partial charge in [-0.2, -0.15) is 0 Å². The van der Waals surface area contributed by atoms with E-state index < -0.39 is 9.84 Å². The minimum Gasteiger partial charge on any atom is -0.449 e. The molecule has 0 spiro atoms. The van der Waals surface area contributed by atoms with Crippen LogP contribution in [0.3, 0.4) is 0 Å². The molecule has 1 fully saturated rings. The molecule has 1 atom stereocenters. The highest BCUT2D eigenvalue weighted by atomic mass is 32.2. The van der Waals surface area contributed by atoms with Crippen LogP contribution in [0, 0.1) is 0 Å². The molecule has 0 saturated carbocycles. The smallest absolute Gasteiger partial charge is 0.409 e. The number of benzene rings is 1. The first-order valence-corrected chi connectivity index (χ1v) is 14.8. The molecular formula is C26H43N3O5S. The molecule has 1 unspecified atom stereocenters. The Morgan fingerprint density at radius 3 is 2.40 bits per heavy atom. The number of ether oxygens (including phenoxy) is 1. The van der Waals surface area contributed by atoms with Crippen LogP contribution in [0.25, 0.3) is 0 Å². The van der Waals surface area contributed by atoms with Crippen LogP contribution in [0.4, 0.5) is 4.79 Å². The van der Waals surface area contributed by atoms with E-state index >= 15 is 0 Å². The Morgan fingerprint density at radius 2 is 1.77 bits per heavy atom. The highest BCUT2D eigenvalue weighted by Gasteiger charge is 2.24. The monoisotopic (exact) mass is 509 g/mol. The van der Waals surface area contributed by atoms with E-state index in [4.69, 9.17) is 4.74 Å². The minimum atomic E-state index is -3.18. The van der Waals surface area contributed by atoms with Gasteiger partial charge < -0.3 is 19.4 Å². The summed E-state index contributed by atoms with van der Waals surface area (Å²) in [6.45, 7) is 10.9. The molecule has 0 radical (unpaired) electrons. The summed E-state index contributed by atoms with van der Waals surface area (Å²) < 4.78 is 28.6. The van der Waals surface area contributed by atoms with Crippen LogP contribution in [0.5, 0.6) is 0 Å². The van der Waals surface area contributed by atoms with Crippen molar-refractivity contribution >= 4 is 21.8 Å². The van der Waals surface area contributed by atoms with E-state index in [9.17, 15) is 18.0 Å². The molecule has 1 aliphatic heterocycles. The first-order valence-electron chi connectivity index (χ1n) is 12.9. The van der Waals surface area contributed by atoms with E-state index in [0.717, 1.165) is 50.8 Å². The summed E-state index contributed by atoms with van der Waals surface area (Å²) in [6.07, 6.45) is 5.86. The van der Waals surface area contributed by atoms with Crippen molar-refractivity contribution < 1.29 is 22.7 Å². The van der Waals surface area contributed by atoms with Gasteiger partial charge in [0.25, 0.3) is 0 Å². The number of rotatable bonds is 13. The predicted molar refractivity (Wildman–Crippen MR) is 138 cm³/mol. The van der Waals surface area contributed by atoms with E-state index in [0.29, 0.717) is 50.1 Å². The Hall–Kier alpha value is -2.13. The van der Waals surface area contributed by atoms with Crippen molar-refractivity contribution in [2.45, 2.75) is 70.2 Å². The third-order valence-corrected chi connectivity index (χ3v) is 7.54. The predicted octanol–water partition coefficient (Wildman–Crippen LogP) is 3.59. The molecule has 1 aromatic rings. The van der Waals surface area contributed by atoms with Crippen molar-refractivity contribution in [3.8, 4) is 0 Å². The zero-order chi connectivity index (χ0) is 25.8. The summed E-state index contributed by atoms with van der Waals surface area (Å²) in [5.41, 5.74) is 1.13. The SMILES string of the molecule is CCCOC(=O)N1CCC(=O)N(CCCCN(CCC)C(C)Cc2ccc(S(C)(=O)=O)cc2)CC1. The second-order valence-corrected chi connectivity index (χ2v) is 11.5. The Kier molecular flexibility index (Phi) is 12.0. The number of amides is 2. The second kappa shape index (κ2) is 14.4. The molecule has 1 aromatic carbocycles. The molecule has 198 valence electrons. The van der Waals surface area contributed by atoms with Crippen molar-refractivity contribution in [3.63, 3.8) is 0 Å². The molecule has 2 rings (SSSR count). The maximum absolute atomic E-state index is 12.5. The van der Waals surface area contributed by atoms with Crippen molar-refractivity contribution in [2.75, 3.05) is 52.1 Å². The first-order chi connectivity index (χ1) is 16.7. The lowest BCUT2D eigenvalue weighted by Gasteiger charge is -2.29. The van der Waals surface area contributed by atoms with Crippen LogP contribution in [0.15, 0.2) is 29.2 Å². The molecule has 2 amide bonds. The van der Waals surface area contributed by atoms with E-state index in [1.54, 1.807) is 17.0 Å². The lowest BCUT2D eigenvalue weighted by Crippen LogP contribution is -2.38. The highest BCUT2D eigenvalue weighted by molar-refractivity contribution is 7.90. The third kappa shape index (κ3) is 9.80. The van der Waals surface area contributed by atoms with Crippen LogP contribution in [-0.2, 0) is 25.8 Å². The quantitative estimate of drug-likeness (QED) is 0.378. The average molecular weight is 510 g/mol. The van der Waals surface area contributed by atoms with Gasteiger partial charge in [-0.05, 0) is 69.8 Å². The molecule has 9 heteroatoms. The van der Waals surface area contributed by atoms with Crippen molar-refractivity contribution in [3.05, 3.63) is 29.8 Å². The van der Waals surface area contributed by atoms with Crippen LogP contribution in [0.1, 0.15) is 58.4 Å². The minimum absolute atomic E-state index is 0.104. The number of sulfone groups is 1. The zero-order valence-corrected chi connectivity index (χ0v) is 22.7. The molecule has 0 N–H and O–H groups in total. The average Bonchev–Trinajstić information content (AvgIpc) is 3.00. The second-order valence-electron chi connectivity index (χ2n) is 9.44. The Labute approximate surface area is 211 Å². The number of nitrogens with zero attached hydrogens (tertiary/aromatic N) is 3. The third-order valence-electron chi connectivity index (χ3n) is 6.42. The molecule has 1 aliphatic rings. The van der Waals surface area contributed by atoms with E-state index in [1.165, 1.54) is 6.26 Å². The topological polar surface area (TPSA) is 87.2 Å². The lowest BCUT2D eigenvalue weighted by atomic mass is 10.1. The van der Waals surface area contributed by atoms with Crippen molar-refractivity contribution in [1.82, 2.24) is 14.7 Å². The summed E-state index contributed by atoms with van der Waals surface area (Å²) in [6, 6.07) is 7.52. The van der Waals surface area contributed by atoms with E-state index in [1.807, 2.05) is 24.0 Å². The summed E-state index contributed by atoms with van der Waals surface area (Å²) in [4.78, 5) is 31.0. The highest BCUT2D eigenvalue weighted by Crippen LogP contribution is 2.15. The maximum atomic E-state index is 12.5. The fraction of sp³-hybridized carbons (Fsp3) is 0.692.